The van der Waals surface area contributed by atoms with Crippen LogP contribution in [0.3, 0.4) is 0 Å². The number of amides is 2. The summed E-state index contributed by atoms with van der Waals surface area (Å²) in [5.41, 5.74) is 4.02. The van der Waals surface area contributed by atoms with Crippen molar-refractivity contribution in [2.45, 2.75) is 13.0 Å². The number of urea groups is 1. The molecule has 1 aromatic heterocycles. The number of anilines is 2. The zero-order chi connectivity index (χ0) is 18.4. The Balaban J connectivity index is 1.65. The van der Waals surface area contributed by atoms with Crippen molar-refractivity contribution in [3.63, 3.8) is 0 Å². The maximum atomic E-state index is 12.4. The number of hydrogen-bond acceptors (Lipinski definition) is 4. The summed E-state index contributed by atoms with van der Waals surface area (Å²) in [4.78, 5) is 18.8. The highest BCUT2D eigenvalue weighted by Crippen LogP contribution is 2.20. The zero-order valence-electron chi connectivity index (χ0n) is 14.9. The molecule has 0 aliphatic heterocycles. The summed E-state index contributed by atoms with van der Waals surface area (Å²) in [6.07, 6.45) is 0.765. The number of carbonyl (C=O) groups is 1. The van der Waals surface area contributed by atoms with Crippen molar-refractivity contribution in [1.29, 1.82) is 0 Å². The second-order valence-corrected chi connectivity index (χ2v) is 7.14. The molecule has 0 saturated carbocycles. The van der Waals surface area contributed by atoms with E-state index in [4.69, 9.17) is 0 Å². The van der Waals surface area contributed by atoms with Gasteiger partial charge in [-0.3, -0.25) is 5.32 Å². The number of carbonyl (C=O) groups excluding carboxylic acids is 1. The lowest BCUT2D eigenvalue weighted by Crippen LogP contribution is -2.20. The smallest absolute Gasteiger partial charge is 0.307 e. The largest absolute Gasteiger partial charge is 0.325 e. The quantitative estimate of drug-likeness (QED) is 0.678. The fourth-order valence-corrected chi connectivity index (χ4v) is 3.32. The maximum Gasteiger partial charge on any atom is 0.325 e. The molecule has 0 aliphatic carbocycles. The monoisotopic (exact) mass is 366 g/mol. The Kier molecular flexibility index (Phi) is 5.99. The van der Waals surface area contributed by atoms with Crippen LogP contribution in [0.25, 0.3) is 0 Å². The van der Waals surface area contributed by atoms with Crippen LogP contribution in [0, 0.1) is 0 Å². The van der Waals surface area contributed by atoms with E-state index in [1.165, 1.54) is 16.9 Å². The van der Waals surface area contributed by atoms with E-state index in [1.807, 2.05) is 66.8 Å². The fraction of sp³-hybridized carbons (Fsp3) is 0.200. The Labute approximate surface area is 157 Å². The van der Waals surface area contributed by atoms with Gasteiger partial charge < -0.3 is 10.2 Å². The minimum atomic E-state index is -0.281. The highest BCUT2D eigenvalue weighted by atomic mass is 32.1. The average Bonchev–Trinajstić information content (AvgIpc) is 3.03. The average molecular weight is 366 g/mol. The van der Waals surface area contributed by atoms with Gasteiger partial charge >= 0.3 is 6.03 Å². The van der Waals surface area contributed by atoms with Crippen molar-refractivity contribution in [3.8, 4) is 0 Å². The number of thiazole rings is 1. The molecule has 0 saturated heterocycles. The van der Waals surface area contributed by atoms with Crippen molar-refractivity contribution in [1.82, 2.24) is 9.88 Å². The van der Waals surface area contributed by atoms with Crippen LogP contribution in [0.15, 0.2) is 60.0 Å². The summed E-state index contributed by atoms with van der Waals surface area (Å²) in [6, 6.07) is 17.8. The predicted octanol–water partition coefficient (Wildman–Crippen LogP) is 4.44. The molecule has 0 radical (unpaired) electrons. The summed E-state index contributed by atoms with van der Waals surface area (Å²) in [5.74, 6) is 0. The Hall–Kier alpha value is -2.70. The van der Waals surface area contributed by atoms with E-state index in [0.29, 0.717) is 5.13 Å². The van der Waals surface area contributed by atoms with Gasteiger partial charge in [0.2, 0.25) is 0 Å². The molecule has 6 heteroatoms. The third kappa shape index (κ3) is 5.15. The van der Waals surface area contributed by atoms with E-state index in [9.17, 15) is 4.79 Å². The zero-order valence-corrected chi connectivity index (χ0v) is 15.7. The first-order valence-corrected chi connectivity index (χ1v) is 9.27. The second kappa shape index (κ2) is 8.60. The van der Waals surface area contributed by atoms with Crippen LogP contribution in [-0.4, -0.2) is 30.0 Å². The molecule has 2 aromatic carbocycles. The highest BCUT2D eigenvalue weighted by Gasteiger charge is 2.10. The van der Waals surface area contributed by atoms with Crippen LogP contribution >= 0.6 is 11.3 Å². The lowest BCUT2D eigenvalue weighted by atomic mass is 10.0. The number of para-hydroxylation sites is 1. The Morgan fingerprint density at radius 2 is 1.77 bits per heavy atom. The number of hydrogen-bond donors (Lipinski definition) is 2. The van der Waals surface area contributed by atoms with Crippen LogP contribution in [0.1, 0.15) is 16.8 Å². The van der Waals surface area contributed by atoms with Gasteiger partial charge in [-0.05, 0) is 37.7 Å². The van der Waals surface area contributed by atoms with Crippen molar-refractivity contribution in [2.75, 3.05) is 24.7 Å². The molecular formula is C20H22N4OS. The third-order valence-electron chi connectivity index (χ3n) is 3.75. The molecule has 0 bridgehead atoms. The molecule has 1 heterocycles. The molecular weight excluding hydrogens is 344 g/mol. The van der Waals surface area contributed by atoms with Gasteiger partial charge in [-0.1, -0.05) is 48.5 Å². The van der Waals surface area contributed by atoms with Crippen molar-refractivity contribution >= 4 is 28.2 Å². The van der Waals surface area contributed by atoms with Gasteiger partial charge in [0.05, 0.1) is 5.69 Å². The van der Waals surface area contributed by atoms with Gasteiger partial charge in [0, 0.05) is 17.6 Å². The topological polar surface area (TPSA) is 57.3 Å². The summed E-state index contributed by atoms with van der Waals surface area (Å²) in [7, 11) is 3.98. The molecule has 26 heavy (non-hydrogen) atoms. The van der Waals surface area contributed by atoms with E-state index in [-0.39, 0.29) is 6.03 Å². The highest BCUT2D eigenvalue weighted by molar-refractivity contribution is 7.13. The van der Waals surface area contributed by atoms with Crippen molar-refractivity contribution in [2.24, 2.45) is 0 Å². The first-order chi connectivity index (χ1) is 12.6. The minimum Gasteiger partial charge on any atom is -0.307 e. The normalized spacial score (nSPS) is 10.7. The van der Waals surface area contributed by atoms with Gasteiger partial charge in [-0.25, -0.2) is 9.78 Å². The first kappa shape index (κ1) is 18.1. The van der Waals surface area contributed by atoms with Crippen LogP contribution in [0.2, 0.25) is 0 Å². The Bertz CT molecular complexity index is 861. The molecule has 0 spiro atoms. The van der Waals surface area contributed by atoms with Crippen LogP contribution in [-0.2, 0) is 13.0 Å². The molecule has 0 unspecified atom stereocenters. The Morgan fingerprint density at radius 3 is 2.54 bits per heavy atom. The molecule has 2 amide bonds. The van der Waals surface area contributed by atoms with Crippen molar-refractivity contribution in [3.05, 3.63) is 76.8 Å². The van der Waals surface area contributed by atoms with E-state index < -0.39 is 0 Å². The molecule has 0 aliphatic rings. The SMILES string of the molecule is CN(C)Cc1csc(NC(=O)Nc2ccccc2Cc2ccccc2)n1. The molecule has 2 N–H and O–H groups in total. The number of nitrogens with zero attached hydrogens (tertiary/aromatic N) is 2. The van der Waals surface area contributed by atoms with Crippen LogP contribution < -0.4 is 10.6 Å². The molecule has 0 fully saturated rings. The molecule has 3 aromatic rings. The second-order valence-electron chi connectivity index (χ2n) is 6.28. The van der Waals surface area contributed by atoms with Gasteiger partial charge in [-0.2, -0.15) is 0 Å². The summed E-state index contributed by atoms with van der Waals surface area (Å²) >= 11 is 1.43. The summed E-state index contributed by atoms with van der Waals surface area (Å²) in [5, 5.41) is 8.30. The summed E-state index contributed by atoms with van der Waals surface area (Å²) in [6.45, 7) is 0.750. The van der Waals surface area contributed by atoms with E-state index in [0.717, 1.165) is 29.9 Å². The predicted molar refractivity (Wildman–Crippen MR) is 108 cm³/mol. The van der Waals surface area contributed by atoms with Crippen molar-refractivity contribution < 1.29 is 4.79 Å². The molecule has 134 valence electrons. The van der Waals surface area contributed by atoms with Gasteiger partial charge in [0.25, 0.3) is 0 Å². The minimum absolute atomic E-state index is 0.281. The number of aromatic nitrogens is 1. The standard InChI is InChI=1S/C20H22N4OS/c1-24(2)13-17-14-26-20(21-17)23-19(25)22-18-11-7-6-10-16(18)12-15-8-4-3-5-9-15/h3-11,14H,12-13H2,1-2H3,(H2,21,22,23,25). The summed E-state index contributed by atoms with van der Waals surface area (Å²) < 4.78 is 0. The maximum absolute atomic E-state index is 12.4. The first-order valence-electron chi connectivity index (χ1n) is 8.39. The van der Waals surface area contributed by atoms with Gasteiger partial charge in [-0.15, -0.1) is 11.3 Å². The lowest BCUT2D eigenvalue weighted by molar-refractivity contribution is 0.262. The van der Waals surface area contributed by atoms with Crippen LogP contribution in [0.4, 0.5) is 15.6 Å². The van der Waals surface area contributed by atoms with Gasteiger partial charge in [0.15, 0.2) is 5.13 Å². The van der Waals surface area contributed by atoms with Crippen LogP contribution in [0.5, 0.6) is 0 Å². The fourth-order valence-electron chi connectivity index (χ4n) is 2.62. The molecule has 5 nitrogen and oxygen atoms in total. The van der Waals surface area contributed by atoms with Gasteiger partial charge in [0.1, 0.15) is 0 Å². The lowest BCUT2D eigenvalue weighted by Gasteiger charge is -2.11. The number of benzene rings is 2. The molecule has 3 rings (SSSR count). The molecule has 0 atom stereocenters. The van der Waals surface area contributed by atoms with E-state index in [1.54, 1.807) is 0 Å². The number of nitrogens with one attached hydrogen (secondary N) is 2. The Morgan fingerprint density at radius 1 is 1.04 bits per heavy atom. The van der Waals surface area contributed by atoms with E-state index in [2.05, 4.69) is 27.8 Å². The third-order valence-corrected chi connectivity index (χ3v) is 4.56. The number of rotatable bonds is 6. The van der Waals surface area contributed by atoms with E-state index >= 15 is 0 Å².